The molecule has 0 unspecified atom stereocenters. The van der Waals surface area contributed by atoms with Gasteiger partial charge in [-0.3, -0.25) is 14.6 Å². The van der Waals surface area contributed by atoms with Crippen molar-refractivity contribution in [1.29, 1.82) is 0 Å². The van der Waals surface area contributed by atoms with Crippen LogP contribution in [0.3, 0.4) is 0 Å². The van der Waals surface area contributed by atoms with Gasteiger partial charge in [0.2, 0.25) is 5.78 Å². The van der Waals surface area contributed by atoms with E-state index in [0.717, 1.165) is 6.07 Å². The first kappa shape index (κ1) is 22.4. The van der Waals surface area contributed by atoms with E-state index < -0.39 is 57.9 Å². The van der Waals surface area contributed by atoms with Crippen LogP contribution in [-0.4, -0.2) is 25.1 Å². The highest BCUT2D eigenvalue weighted by molar-refractivity contribution is 7.80. The highest BCUT2D eigenvalue weighted by atomic mass is 32.1. The molecule has 13 heteroatoms. The Hall–Kier alpha value is -3.32. The van der Waals surface area contributed by atoms with E-state index in [4.69, 9.17) is 5.73 Å². The third-order valence-electron chi connectivity index (χ3n) is 4.12. The SMILES string of the molecule is N[C@H](S)c1nn(-c2ccc(C(F)(F)F)c(F)c2)c(=O)n(CC(=O)c2ccccn2)c1=O. The number of halogens is 4. The molecule has 162 valence electrons. The van der Waals surface area contributed by atoms with Crippen molar-refractivity contribution in [1.82, 2.24) is 19.3 Å². The van der Waals surface area contributed by atoms with Crippen molar-refractivity contribution in [3.05, 3.63) is 86.2 Å². The largest absolute Gasteiger partial charge is 0.419 e. The maximum Gasteiger partial charge on any atom is 0.419 e. The van der Waals surface area contributed by atoms with Crippen molar-refractivity contribution in [2.45, 2.75) is 18.1 Å². The second kappa shape index (κ2) is 8.43. The molecule has 2 heterocycles. The fraction of sp³-hybridized carbons (Fsp3) is 0.167. The molecule has 3 rings (SSSR count). The quantitative estimate of drug-likeness (QED) is 0.262. The van der Waals surface area contributed by atoms with E-state index in [1.54, 1.807) is 6.07 Å². The van der Waals surface area contributed by atoms with Gasteiger partial charge in [-0.25, -0.2) is 13.8 Å². The fourth-order valence-corrected chi connectivity index (χ4v) is 2.81. The lowest BCUT2D eigenvalue weighted by atomic mass is 10.2. The Balaban J connectivity index is 2.17. The third-order valence-corrected chi connectivity index (χ3v) is 4.36. The molecule has 2 aromatic heterocycles. The van der Waals surface area contributed by atoms with Gasteiger partial charge in [0.25, 0.3) is 5.56 Å². The van der Waals surface area contributed by atoms with Gasteiger partial charge in [-0.2, -0.15) is 35.6 Å². The molecule has 0 aliphatic carbocycles. The normalized spacial score (nSPS) is 12.6. The Morgan fingerprint density at radius 1 is 1.19 bits per heavy atom. The summed E-state index contributed by atoms with van der Waals surface area (Å²) in [5.74, 6) is -2.35. The number of hydrogen-bond acceptors (Lipinski definition) is 7. The molecule has 8 nitrogen and oxygen atoms in total. The zero-order valence-corrected chi connectivity index (χ0v) is 16.3. The molecule has 0 saturated heterocycles. The number of ketones is 1. The summed E-state index contributed by atoms with van der Waals surface area (Å²) < 4.78 is 53.4. The summed E-state index contributed by atoms with van der Waals surface area (Å²) in [6, 6.07) is 6.09. The molecule has 2 N–H and O–H groups in total. The molecule has 0 bridgehead atoms. The topological polar surface area (TPSA) is 113 Å². The van der Waals surface area contributed by atoms with Crippen LogP contribution >= 0.6 is 12.6 Å². The third kappa shape index (κ3) is 4.56. The summed E-state index contributed by atoms with van der Waals surface area (Å²) in [6.45, 7) is -0.756. The number of hydrogen-bond donors (Lipinski definition) is 2. The average Bonchev–Trinajstić information content (AvgIpc) is 2.70. The summed E-state index contributed by atoms with van der Waals surface area (Å²) in [7, 11) is 0. The minimum atomic E-state index is -4.95. The van der Waals surface area contributed by atoms with Gasteiger partial charge in [0.15, 0.2) is 5.69 Å². The second-order valence-corrected chi connectivity index (χ2v) is 6.77. The van der Waals surface area contributed by atoms with Crippen LogP contribution in [-0.2, 0) is 12.7 Å². The van der Waals surface area contributed by atoms with Crippen LogP contribution in [0.1, 0.15) is 27.1 Å². The van der Waals surface area contributed by atoms with Crippen LogP contribution < -0.4 is 17.0 Å². The highest BCUT2D eigenvalue weighted by Gasteiger charge is 2.34. The number of pyridine rings is 1. The van der Waals surface area contributed by atoms with E-state index in [9.17, 15) is 31.9 Å². The zero-order chi connectivity index (χ0) is 22.9. The van der Waals surface area contributed by atoms with Crippen molar-refractivity contribution >= 4 is 18.4 Å². The van der Waals surface area contributed by atoms with Gasteiger partial charge < -0.3 is 5.73 Å². The number of carbonyl (C=O) groups excluding carboxylic acids is 1. The molecule has 0 fully saturated rings. The second-order valence-electron chi connectivity index (χ2n) is 6.22. The van der Waals surface area contributed by atoms with E-state index in [1.807, 2.05) is 0 Å². The smallest absolute Gasteiger partial charge is 0.314 e. The molecule has 3 aromatic rings. The minimum Gasteiger partial charge on any atom is -0.314 e. The molecule has 0 saturated carbocycles. The van der Waals surface area contributed by atoms with Crippen LogP contribution in [0.15, 0.2) is 52.2 Å². The number of alkyl halides is 3. The molecular weight excluding hydrogens is 442 g/mol. The first-order chi connectivity index (χ1) is 14.5. The molecule has 31 heavy (non-hydrogen) atoms. The van der Waals surface area contributed by atoms with Crippen LogP contribution in [0.4, 0.5) is 17.6 Å². The number of Topliss-reactive ketones (excluding diaryl/α,β-unsaturated/α-hetero) is 1. The lowest BCUT2D eigenvalue weighted by Crippen LogP contribution is -2.45. The molecular formula is C18H13F4N5O3S. The van der Waals surface area contributed by atoms with E-state index in [1.165, 1.54) is 18.3 Å². The standard InChI is InChI=1S/C18H13F4N5O3S/c19-11-7-9(4-5-10(11)18(20,21)22)27-17(30)26(16(29)14(25-27)15(23)31)8-13(28)12-3-1-2-6-24-12/h1-7,15,31H,8,23H2/t15-/m1/s1. The van der Waals surface area contributed by atoms with E-state index in [-0.39, 0.29) is 5.69 Å². The first-order valence-corrected chi connectivity index (χ1v) is 9.01. The molecule has 0 aliphatic rings. The highest BCUT2D eigenvalue weighted by Crippen LogP contribution is 2.31. The van der Waals surface area contributed by atoms with E-state index in [0.29, 0.717) is 21.4 Å². The van der Waals surface area contributed by atoms with Gasteiger partial charge in [0.05, 0.1) is 23.2 Å². The summed E-state index contributed by atoms with van der Waals surface area (Å²) >= 11 is 3.90. The van der Waals surface area contributed by atoms with Gasteiger partial charge >= 0.3 is 11.9 Å². The first-order valence-electron chi connectivity index (χ1n) is 8.49. The minimum absolute atomic E-state index is 0.0329. The molecule has 0 spiro atoms. The van der Waals surface area contributed by atoms with Gasteiger partial charge in [0, 0.05) is 12.3 Å². The summed E-state index contributed by atoms with van der Waals surface area (Å²) in [5, 5.41) is 2.41. The molecule has 0 aliphatic heterocycles. The molecule has 0 radical (unpaired) electrons. The average molecular weight is 455 g/mol. The Morgan fingerprint density at radius 3 is 2.45 bits per heavy atom. The van der Waals surface area contributed by atoms with Gasteiger partial charge in [0.1, 0.15) is 11.5 Å². The molecule has 0 amide bonds. The van der Waals surface area contributed by atoms with Crippen molar-refractivity contribution < 1.29 is 22.4 Å². The van der Waals surface area contributed by atoms with Crippen LogP contribution in [0.25, 0.3) is 5.69 Å². The lowest BCUT2D eigenvalue weighted by molar-refractivity contribution is -0.140. The van der Waals surface area contributed by atoms with Gasteiger partial charge in [-0.15, -0.1) is 0 Å². The number of nitrogens with zero attached hydrogens (tertiary/aromatic N) is 4. The lowest BCUT2D eigenvalue weighted by Gasteiger charge is -2.14. The van der Waals surface area contributed by atoms with Crippen molar-refractivity contribution in [3.8, 4) is 5.69 Å². The maximum absolute atomic E-state index is 14.0. The summed E-state index contributed by atoms with van der Waals surface area (Å²) in [5.41, 5.74) is 0.903. The number of aromatic nitrogens is 4. The monoisotopic (exact) mass is 455 g/mol. The number of benzene rings is 1. The van der Waals surface area contributed by atoms with Gasteiger partial charge in [-0.1, -0.05) is 6.07 Å². The number of thiol groups is 1. The van der Waals surface area contributed by atoms with E-state index in [2.05, 4.69) is 22.7 Å². The predicted octanol–water partition coefficient (Wildman–Crippen LogP) is 1.72. The van der Waals surface area contributed by atoms with E-state index >= 15 is 0 Å². The Morgan fingerprint density at radius 2 is 1.90 bits per heavy atom. The number of nitrogens with two attached hydrogens (primary N) is 1. The Labute approximate surface area is 176 Å². The Bertz CT molecular complexity index is 1260. The van der Waals surface area contributed by atoms with Crippen molar-refractivity contribution in [2.75, 3.05) is 0 Å². The van der Waals surface area contributed by atoms with Crippen LogP contribution in [0.5, 0.6) is 0 Å². The zero-order valence-electron chi connectivity index (χ0n) is 15.4. The summed E-state index contributed by atoms with van der Waals surface area (Å²) in [4.78, 5) is 41.7. The molecule has 1 aromatic carbocycles. The number of rotatable bonds is 5. The van der Waals surface area contributed by atoms with Crippen molar-refractivity contribution in [3.63, 3.8) is 0 Å². The van der Waals surface area contributed by atoms with Crippen molar-refractivity contribution in [2.24, 2.45) is 5.73 Å². The summed E-state index contributed by atoms with van der Waals surface area (Å²) in [6.07, 6.45) is -3.62. The molecule has 1 atom stereocenters. The van der Waals surface area contributed by atoms with Crippen LogP contribution in [0, 0.1) is 5.82 Å². The Kier molecular flexibility index (Phi) is 6.08. The number of carbonyl (C=O) groups is 1. The predicted molar refractivity (Wildman–Crippen MR) is 104 cm³/mol. The van der Waals surface area contributed by atoms with Crippen LogP contribution in [0.2, 0.25) is 0 Å². The maximum atomic E-state index is 14.0. The van der Waals surface area contributed by atoms with Gasteiger partial charge in [-0.05, 0) is 24.3 Å². The fourth-order valence-electron chi connectivity index (χ4n) is 2.64.